The summed E-state index contributed by atoms with van der Waals surface area (Å²) in [6.45, 7) is 5.58. The average Bonchev–Trinajstić information content (AvgIpc) is 3.16. The summed E-state index contributed by atoms with van der Waals surface area (Å²) in [6, 6.07) is 5.56. The van der Waals surface area contributed by atoms with E-state index in [2.05, 4.69) is 5.32 Å². The molecular weight excluding hydrogens is 436 g/mol. The highest BCUT2D eigenvalue weighted by Gasteiger charge is 2.42. The Bertz CT molecular complexity index is 1010. The molecule has 9 heteroatoms. The van der Waals surface area contributed by atoms with Gasteiger partial charge in [0.05, 0.1) is 23.3 Å². The number of esters is 1. The molecule has 2 heterocycles. The molecule has 0 bridgehead atoms. The van der Waals surface area contributed by atoms with Crippen molar-refractivity contribution in [3.05, 3.63) is 51.4 Å². The minimum atomic E-state index is -0.988. The minimum Gasteiger partial charge on any atom is -0.462 e. The molecule has 31 heavy (non-hydrogen) atoms. The van der Waals surface area contributed by atoms with Crippen LogP contribution in [0.4, 0.5) is 5.00 Å². The van der Waals surface area contributed by atoms with Gasteiger partial charge in [-0.3, -0.25) is 19.3 Å². The highest BCUT2D eigenvalue weighted by atomic mass is 32.2. The van der Waals surface area contributed by atoms with Gasteiger partial charge in [0, 0.05) is 4.88 Å². The number of imide groups is 1. The number of anilines is 1. The summed E-state index contributed by atoms with van der Waals surface area (Å²) in [5.41, 5.74) is 1.64. The number of hydrogen-bond acceptors (Lipinski definition) is 7. The van der Waals surface area contributed by atoms with Crippen LogP contribution in [0.1, 0.15) is 54.9 Å². The number of hydrogen-bond donors (Lipinski definition) is 1. The lowest BCUT2D eigenvalue weighted by atomic mass is 10.1. The molecule has 1 aliphatic rings. The van der Waals surface area contributed by atoms with E-state index in [9.17, 15) is 19.2 Å². The van der Waals surface area contributed by atoms with Crippen LogP contribution in [0.15, 0.2) is 24.3 Å². The molecule has 0 spiro atoms. The molecule has 1 atom stereocenters. The Morgan fingerprint density at radius 2 is 1.77 bits per heavy atom. The van der Waals surface area contributed by atoms with Crippen molar-refractivity contribution in [2.75, 3.05) is 23.9 Å². The summed E-state index contributed by atoms with van der Waals surface area (Å²) >= 11 is 2.79. The van der Waals surface area contributed by atoms with Crippen LogP contribution in [0.25, 0.3) is 0 Å². The Balaban J connectivity index is 1.93. The summed E-state index contributed by atoms with van der Waals surface area (Å²) < 4.78 is 5.14. The van der Waals surface area contributed by atoms with Crippen LogP contribution >= 0.6 is 23.1 Å². The number of thiophene rings is 1. The predicted molar refractivity (Wildman–Crippen MR) is 122 cm³/mol. The van der Waals surface area contributed by atoms with Gasteiger partial charge in [0.2, 0.25) is 5.91 Å². The number of carbonyl (C=O) groups is 4. The Hall–Kier alpha value is -2.65. The van der Waals surface area contributed by atoms with Gasteiger partial charge in [0.15, 0.2) is 0 Å². The summed E-state index contributed by atoms with van der Waals surface area (Å²) in [5, 5.41) is 3.15. The number of nitrogens with zero attached hydrogens (tertiary/aromatic N) is 1. The van der Waals surface area contributed by atoms with Crippen molar-refractivity contribution < 1.29 is 23.9 Å². The normalized spacial score (nSPS) is 13.9. The second kappa shape index (κ2) is 9.65. The molecule has 0 aliphatic carbocycles. The van der Waals surface area contributed by atoms with Crippen molar-refractivity contribution in [2.45, 2.75) is 33.2 Å². The molecule has 0 saturated carbocycles. The van der Waals surface area contributed by atoms with Crippen LogP contribution in [0.3, 0.4) is 0 Å². The molecular formula is C22H24N2O5S2. The molecule has 0 saturated heterocycles. The zero-order valence-electron chi connectivity index (χ0n) is 17.8. The topological polar surface area (TPSA) is 92.8 Å². The summed E-state index contributed by atoms with van der Waals surface area (Å²) in [4.78, 5) is 53.5. The second-order valence-electron chi connectivity index (χ2n) is 7.02. The fraction of sp³-hybridized carbons (Fsp3) is 0.364. The number of thioether (sulfide) groups is 1. The van der Waals surface area contributed by atoms with Gasteiger partial charge in [-0.2, -0.15) is 11.8 Å². The first kappa shape index (κ1) is 23.0. The van der Waals surface area contributed by atoms with Crippen LogP contribution in [0.5, 0.6) is 0 Å². The quantitative estimate of drug-likeness (QED) is 0.474. The van der Waals surface area contributed by atoms with Gasteiger partial charge < -0.3 is 10.1 Å². The Morgan fingerprint density at radius 1 is 1.16 bits per heavy atom. The molecule has 0 fully saturated rings. The number of carbonyl (C=O) groups excluding carboxylic acids is 4. The molecule has 1 N–H and O–H groups in total. The van der Waals surface area contributed by atoms with Gasteiger partial charge in [-0.1, -0.05) is 12.1 Å². The molecule has 7 nitrogen and oxygen atoms in total. The lowest BCUT2D eigenvalue weighted by molar-refractivity contribution is -0.120. The number of benzene rings is 1. The maximum Gasteiger partial charge on any atom is 0.341 e. The summed E-state index contributed by atoms with van der Waals surface area (Å²) in [6.07, 6.45) is 2.19. The molecule has 3 amide bonds. The van der Waals surface area contributed by atoms with E-state index in [4.69, 9.17) is 4.74 Å². The van der Waals surface area contributed by atoms with Crippen LogP contribution in [-0.4, -0.2) is 53.2 Å². The van der Waals surface area contributed by atoms with Crippen LogP contribution in [-0.2, 0) is 9.53 Å². The fourth-order valence-electron chi connectivity index (χ4n) is 3.46. The van der Waals surface area contributed by atoms with E-state index in [0.29, 0.717) is 33.9 Å². The zero-order chi connectivity index (χ0) is 22.7. The molecule has 3 rings (SSSR count). The maximum atomic E-state index is 13.3. The SMILES string of the molecule is CCOC(=O)c1c(NC(=O)[C@H](CCSC)N2C(=O)c3ccccc3C2=O)sc(C)c1C. The van der Waals surface area contributed by atoms with Gasteiger partial charge in [0.1, 0.15) is 11.0 Å². The number of fused-ring (bicyclic) bond motifs is 1. The standard InChI is InChI=1S/C22H24N2O5S2/c1-5-29-22(28)17-12(2)13(3)31-19(17)23-18(25)16(10-11-30-4)24-20(26)14-8-6-7-9-15(14)21(24)27/h6-9,16H,5,10-11H2,1-4H3,(H,23,25)/t16-/m0/s1. The number of amides is 3. The Kier molecular flexibility index (Phi) is 7.17. The molecule has 1 aliphatic heterocycles. The van der Waals surface area contributed by atoms with E-state index in [1.807, 2.05) is 13.2 Å². The van der Waals surface area contributed by atoms with Gasteiger partial charge in [0.25, 0.3) is 11.8 Å². The van der Waals surface area contributed by atoms with Crippen LogP contribution < -0.4 is 5.32 Å². The van der Waals surface area contributed by atoms with Crippen molar-refractivity contribution in [3.63, 3.8) is 0 Å². The number of aryl methyl sites for hydroxylation is 1. The molecule has 0 radical (unpaired) electrons. The van der Waals surface area contributed by atoms with Crippen LogP contribution in [0.2, 0.25) is 0 Å². The van der Waals surface area contributed by atoms with Gasteiger partial charge in [-0.25, -0.2) is 4.79 Å². The first-order valence-electron chi connectivity index (χ1n) is 9.85. The van der Waals surface area contributed by atoms with Gasteiger partial charge >= 0.3 is 5.97 Å². The van der Waals surface area contributed by atoms with Gasteiger partial charge in [-0.05, 0) is 56.9 Å². The monoisotopic (exact) mass is 460 g/mol. The first-order valence-corrected chi connectivity index (χ1v) is 12.1. The van der Waals surface area contributed by atoms with Gasteiger partial charge in [-0.15, -0.1) is 11.3 Å². The van der Waals surface area contributed by atoms with E-state index >= 15 is 0 Å². The molecule has 1 aromatic carbocycles. The maximum absolute atomic E-state index is 13.3. The molecule has 1 aromatic heterocycles. The second-order valence-corrected chi connectivity index (χ2v) is 9.23. The fourth-order valence-corrected chi connectivity index (χ4v) is 4.97. The lowest BCUT2D eigenvalue weighted by Gasteiger charge is -2.25. The van der Waals surface area contributed by atoms with Crippen molar-refractivity contribution in [2.24, 2.45) is 0 Å². The first-order chi connectivity index (χ1) is 14.8. The third-order valence-corrected chi connectivity index (χ3v) is 6.90. The highest BCUT2D eigenvalue weighted by molar-refractivity contribution is 7.98. The third kappa shape index (κ3) is 4.38. The molecule has 0 unspecified atom stereocenters. The Labute approximate surface area is 189 Å². The third-order valence-electron chi connectivity index (χ3n) is 5.14. The number of ether oxygens (including phenoxy) is 1. The Morgan fingerprint density at radius 3 is 2.32 bits per heavy atom. The van der Waals surface area contributed by atoms with E-state index in [1.54, 1.807) is 38.1 Å². The summed E-state index contributed by atoms with van der Waals surface area (Å²) in [5.74, 6) is -1.40. The van der Waals surface area contributed by atoms with Crippen molar-refractivity contribution in [1.29, 1.82) is 0 Å². The number of nitrogens with one attached hydrogen (secondary N) is 1. The molecule has 2 aromatic rings. The highest BCUT2D eigenvalue weighted by Crippen LogP contribution is 2.34. The average molecular weight is 461 g/mol. The predicted octanol–water partition coefficient (Wildman–Crippen LogP) is 3.90. The van der Waals surface area contributed by atoms with Crippen molar-refractivity contribution >= 4 is 51.8 Å². The van der Waals surface area contributed by atoms with Crippen molar-refractivity contribution in [1.82, 2.24) is 4.90 Å². The number of rotatable bonds is 8. The smallest absolute Gasteiger partial charge is 0.341 e. The summed E-state index contributed by atoms with van der Waals surface area (Å²) in [7, 11) is 0. The van der Waals surface area contributed by atoms with E-state index in [-0.39, 0.29) is 6.61 Å². The zero-order valence-corrected chi connectivity index (χ0v) is 19.4. The minimum absolute atomic E-state index is 0.214. The van der Waals surface area contributed by atoms with E-state index in [0.717, 1.165) is 15.3 Å². The van der Waals surface area contributed by atoms with E-state index in [1.165, 1.54) is 23.1 Å². The largest absolute Gasteiger partial charge is 0.462 e. The van der Waals surface area contributed by atoms with E-state index < -0.39 is 29.7 Å². The molecule has 164 valence electrons. The van der Waals surface area contributed by atoms with Crippen LogP contribution in [0, 0.1) is 13.8 Å². The lowest BCUT2D eigenvalue weighted by Crippen LogP contribution is -2.47. The van der Waals surface area contributed by atoms with Crippen molar-refractivity contribution in [3.8, 4) is 0 Å².